The molecular weight excluding hydrogens is 278 g/mol. The van der Waals surface area contributed by atoms with Crippen molar-refractivity contribution < 1.29 is 8.78 Å². The van der Waals surface area contributed by atoms with Crippen LogP contribution in [0.3, 0.4) is 0 Å². The van der Waals surface area contributed by atoms with Crippen molar-refractivity contribution >= 4 is 11.8 Å². The number of nitrogens with zero attached hydrogens (tertiary/aromatic N) is 1. The Morgan fingerprint density at radius 2 is 1.95 bits per heavy atom. The van der Waals surface area contributed by atoms with Crippen molar-refractivity contribution in [2.75, 3.05) is 38.2 Å². The molecule has 1 heterocycles. The molecule has 1 aliphatic heterocycles. The first-order valence-corrected chi connectivity index (χ1v) is 8.28. The van der Waals surface area contributed by atoms with Crippen molar-refractivity contribution in [2.24, 2.45) is 0 Å². The summed E-state index contributed by atoms with van der Waals surface area (Å²) >= 11 is 2.00. The van der Waals surface area contributed by atoms with E-state index in [0.717, 1.165) is 32.1 Å². The highest BCUT2D eigenvalue weighted by Gasteiger charge is 2.15. The molecule has 0 aromatic heterocycles. The first-order chi connectivity index (χ1) is 9.69. The maximum Gasteiger partial charge on any atom is 0.126 e. The Labute approximate surface area is 123 Å². The Morgan fingerprint density at radius 3 is 2.65 bits per heavy atom. The van der Waals surface area contributed by atoms with Crippen molar-refractivity contribution in [3.8, 4) is 0 Å². The van der Waals surface area contributed by atoms with E-state index in [9.17, 15) is 8.78 Å². The molecule has 0 spiro atoms. The van der Waals surface area contributed by atoms with E-state index < -0.39 is 11.6 Å². The summed E-state index contributed by atoms with van der Waals surface area (Å²) in [5, 5.41) is 3.16. The van der Waals surface area contributed by atoms with E-state index in [4.69, 9.17) is 0 Å². The Kier molecular flexibility index (Phi) is 6.26. The van der Waals surface area contributed by atoms with Crippen molar-refractivity contribution in [1.82, 2.24) is 10.2 Å². The van der Waals surface area contributed by atoms with Crippen LogP contribution >= 0.6 is 11.8 Å². The highest BCUT2D eigenvalue weighted by Crippen LogP contribution is 2.20. The molecule has 5 heteroatoms. The predicted octanol–water partition coefficient (Wildman–Crippen LogP) is 3.05. The van der Waals surface area contributed by atoms with Crippen LogP contribution in [0.25, 0.3) is 0 Å². The topological polar surface area (TPSA) is 15.3 Å². The summed E-state index contributed by atoms with van der Waals surface area (Å²) in [6.07, 6.45) is 2.09. The summed E-state index contributed by atoms with van der Waals surface area (Å²) in [5.41, 5.74) is 0.689. The molecule has 0 saturated carbocycles. The van der Waals surface area contributed by atoms with Crippen LogP contribution in [0.2, 0.25) is 0 Å². The van der Waals surface area contributed by atoms with Gasteiger partial charge in [0.2, 0.25) is 0 Å². The number of nitrogens with one attached hydrogen (secondary N) is 1. The Balaban J connectivity index is 1.94. The van der Waals surface area contributed by atoms with Crippen LogP contribution in [-0.2, 0) is 0 Å². The van der Waals surface area contributed by atoms with E-state index >= 15 is 0 Å². The van der Waals surface area contributed by atoms with Crippen molar-refractivity contribution in [3.63, 3.8) is 0 Å². The van der Waals surface area contributed by atoms with E-state index in [-0.39, 0.29) is 6.04 Å². The van der Waals surface area contributed by atoms with Crippen molar-refractivity contribution in [2.45, 2.75) is 18.9 Å². The summed E-state index contributed by atoms with van der Waals surface area (Å²) in [6.45, 7) is 3.20. The van der Waals surface area contributed by atoms with Gasteiger partial charge in [-0.1, -0.05) is 0 Å². The smallest absolute Gasteiger partial charge is 0.126 e. The first-order valence-electron chi connectivity index (χ1n) is 7.12. The van der Waals surface area contributed by atoms with Gasteiger partial charge in [-0.2, -0.15) is 11.8 Å². The van der Waals surface area contributed by atoms with Crippen LogP contribution in [0.5, 0.6) is 0 Å². The van der Waals surface area contributed by atoms with Gasteiger partial charge in [-0.3, -0.25) is 0 Å². The fraction of sp³-hybridized carbons (Fsp3) is 0.600. The first kappa shape index (κ1) is 15.7. The zero-order valence-electron chi connectivity index (χ0n) is 11.9. The average molecular weight is 300 g/mol. The highest BCUT2D eigenvalue weighted by molar-refractivity contribution is 7.99. The molecule has 20 heavy (non-hydrogen) atoms. The van der Waals surface area contributed by atoms with Gasteiger partial charge in [0.25, 0.3) is 0 Å². The maximum absolute atomic E-state index is 13.3. The number of thioether (sulfide) groups is 1. The number of hydrogen-bond acceptors (Lipinski definition) is 3. The SMILES string of the molecule is CNC(CCN1CCCSCC1)c1cc(F)cc(F)c1. The lowest BCUT2D eigenvalue weighted by atomic mass is 10.0. The monoisotopic (exact) mass is 300 g/mol. The highest BCUT2D eigenvalue weighted by atomic mass is 32.2. The molecule has 1 saturated heterocycles. The van der Waals surface area contributed by atoms with Crippen LogP contribution < -0.4 is 5.32 Å². The molecule has 1 unspecified atom stereocenters. The number of hydrogen-bond donors (Lipinski definition) is 1. The summed E-state index contributed by atoms with van der Waals surface area (Å²) in [5.74, 6) is 1.40. The van der Waals surface area contributed by atoms with Crippen molar-refractivity contribution in [1.29, 1.82) is 0 Å². The minimum Gasteiger partial charge on any atom is -0.313 e. The minimum absolute atomic E-state index is 0.00361. The fourth-order valence-electron chi connectivity index (χ4n) is 2.59. The molecule has 0 bridgehead atoms. The second-order valence-electron chi connectivity index (χ2n) is 5.14. The molecule has 0 aliphatic carbocycles. The third kappa shape index (κ3) is 4.72. The van der Waals surface area contributed by atoms with Crippen LogP contribution in [0.1, 0.15) is 24.4 Å². The van der Waals surface area contributed by atoms with E-state index in [1.54, 1.807) is 0 Å². The third-order valence-electron chi connectivity index (χ3n) is 3.68. The lowest BCUT2D eigenvalue weighted by Crippen LogP contribution is -2.30. The molecule has 1 aromatic carbocycles. The molecule has 2 nitrogen and oxygen atoms in total. The minimum atomic E-state index is -0.508. The van der Waals surface area contributed by atoms with E-state index in [1.807, 2.05) is 18.8 Å². The van der Waals surface area contributed by atoms with E-state index in [1.165, 1.54) is 30.1 Å². The Bertz CT molecular complexity index is 400. The van der Waals surface area contributed by atoms with Crippen LogP contribution in [0, 0.1) is 11.6 Å². The van der Waals surface area contributed by atoms with E-state index in [2.05, 4.69) is 10.2 Å². The van der Waals surface area contributed by atoms with Gasteiger partial charge < -0.3 is 10.2 Å². The quantitative estimate of drug-likeness (QED) is 0.900. The molecule has 1 N–H and O–H groups in total. The standard InChI is InChI=1S/C15H22F2N2S/c1-18-15(12-9-13(16)11-14(17)10-12)3-5-19-4-2-7-20-8-6-19/h9-11,15,18H,2-8H2,1H3. The molecule has 0 amide bonds. The summed E-state index contributed by atoms with van der Waals surface area (Å²) < 4.78 is 26.6. The third-order valence-corrected chi connectivity index (χ3v) is 4.73. The summed E-state index contributed by atoms with van der Waals surface area (Å²) in [7, 11) is 1.84. The molecule has 0 radical (unpaired) electrons. The van der Waals surface area contributed by atoms with Crippen LogP contribution in [-0.4, -0.2) is 43.1 Å². The average Bonchev–Trinajstić information content (AvgIpc) is 2.67. The number of halogens is 2. The fourth-order valence-corrected chi connectivity index (χ4v) is 3.51. The Hall–Kier alpha value is -0.650. The lowest BCUT2D eigenvalue weighted by Gasteiger charge is -2.23. The Morgan fingerprint density at radius 1 is 1.20 bits per heavy atom. The predicted molar refractivity (Wildman–Crippen MR) is 81.2 cm³/mol. The summed E-state index contributed by atoms with van der Waals surface area (Å²) in [4.78, 5) is 2.44. The zero-order chi connectivity index (χ0) is 14.4. The second kappa shape index (κ2) is 7.96. The molecule has 1 aromatic rings. The largest absolute Gasteiger partial charge is 0.313 e. The molecule has 1 aliphatic rings. The van der Waals surface area contributed by atoms with Gasteiger partial charge in [0, 0.05) is 24.4 Å². The van der Waals surface area contributed by atoms with Gasteiger partial charge in [0.1, 0.15) is 11.6 Å². The lowest BCUT2D eigenvalue weighted by molar-refractivity contribution is 0.277. The van der Waals surface area contributed by atoms with Gasteiger partial charge in [0.15, 0.2) is 0 Å². The number of benzene rings is 1. The number of rotatable bonds is 5. The van der Waals surface area contributed by atoms with Gasteiger partial charge >= 0.3 is 0 Å². The summed E-state index contributed by atoms with van der Waals surface area (Å²) in [6, 6.07) is 3.75. The second-order valence-corrected chi connectivity index (χ2v) is 6.37. The van der Waals surface area contributed by atoms with Gasteiger partial charge in [-0.25, -0.2) is 8.78 Å². The molecule has 1 atom stereocenters. The molecule has 112 valence electrons. The van der Waals surface area contributed by atoms with E-state index in [0.29, 0.717) is 5.56 Å². The van der Waals surface area contributed by atoms with Crippen LogP contribution in [0.15, 0.2) is 18.2 Å². The van der Waals surface area contributed by atoms with Gasteiger partial charge in [0.05, 0.1) is 0 Å². The molecule has 1 fully saturated rings. The maximum atomic E-state index is 13.3. The molecule has 2 rings (SSSR count). The normalized spacial score (nSPS) is 18.8. The van der Waals surface area contributed by atoms with Gasteiger partial charge in [-0.15, -0.1) is 0 Å². The van der Waals surface area contributed by atoms with Crippen LogP contribution in [0.4, 0.5) is 8.78 Å². The van der Waals surface area contributed by atoms with Crippen molar-refractivity contribution in [3.05, 3.63) is 35.4 Å². The van der Waals surface area contributed by atoms with Gasteiger partial charge in [-0.05, 0) is 56.4 Å². The zero-order valence-corrected chi connectivity index (χ0v) is 12.7. The molecular formula is C15H22F2N2S.